The summed E-state index contributed by atoms with van der Waals surface area (Å²) in [4.78, 5) is 10.5. The van der Waals surface area contributed by atoms with Crippen molar-refractivity contribution in [3.8, 4) is 0 Å². The number of aromatic nitrogens is 2. The van der Waals surface area contributed by atoms with Gasteiger partial charge in [-0.05, 0) is 48.4 Å². The molecule has 1 aliphatic heterocycles. The van der Waals surface area contributed by atoms with Gasteiger partial charge in [-0.25, -0.2) is 4.98 Å². The van der Waals surface area contributed by atoms with E-state index in [1.54, 1.807) is 11.3 Å². The molecule has 5 nitrogen and oxygen atoms in total. The minimum Gasteiger partial charge on any atom is -0.378 e. The monoisotopic (exact) mass is 398 g/mol. The van der Waals surface area contributed by atoms with Crippen LogP contribution >= 0.6 is 22.9 Å². The van der Waals surface area contributed by atoms with E-state index in [4.69, 9.17) is 22.3 Å². The molecule has 4 N–H and O–H groups in total. The van der Waals surface area contributed by atoms with Crippen molar-refractivity contribution in [1.82, 2.24) is 9.97 Å². The predicted molar refractivity (Wildman–Crippen MR) is 112 cm³/mol. The molecular formula is C20H19ClN4OS. The molecule has 7 heteroatoms. The molecule has 0 fully saturated rings. The standard InChI is InChI=1S/C20H19ClN4OS/c1-10-2-4-15-17(6-10)27-20(24-15)25-8-13(19(22)26)18-12-7-11(21)3-5-14(12)23-16(18)9-25/h2-7,13,19,23,26H,8-9,22H2,1H3. The lowest BCUT2D eigenvalue weighted by Gasteiger charge is -2.34. The third-order valence-electron chi connectivity index (χ3n) is 5.23. The van der Waals surface area contributed by atoms with Gasteiger partial charge in [0.25, 0.3) is 0 Å². The topological polar surface area (TPSA) is 78.2 Å². The van der Waals surface area contributed by atoms with Crippen molar-refractivity contribution in [3.63, 3.8) is 0 Å². The zero-order valence-corrected chi connectivity index (χ0v) is 16.3. The largest absolute Gasteiger partial charge is 0.378 e. The van der Waals surface area contributed by atoms with E-state index >= 15 is 0 Å². The molecule has 0 spiro atoms. The molecule has 4 aromatic rings. The van der Waals surface area contributed by atoms with Gasteiger partial charge in [0.2, 0.25) is 0 Å². The molecule has 0 aliphatic carbocycles. The van der Waals surface area contributed by atoms with Crippen LogP contribution in [-0.2, 0) is 6.54 Å². The van der Waals surface area contributed by atoms with Crippen molar-refractivity contribution >= 4 is 49.2 Å². The summed E-state index contributed by atoms with van der Waals surface area (Å²) in [5, 5.41) is 13.0. The number of thiazole rings is 1. The fourth-order valence-electron chi connectivity index (χ4n) is 3.95. The molecule has 0 saturated carbocycles. The van der Waals surface area contributed by atoms with Crippen LogP contribution in [-0.4, -0.2) is 27.8 Å². The third kappa shape index (κ3) is 2.80. The second-order valence-corrected chi connectivity index (χ2v) is 8.60. The van der Waals surface area contributed by atoms with Crippen LogP contribution in [0.4, 0.5) is 5.13 Å². The maximum absolute atomic E-state index is 10.3. The van der Waals surface area contributed by atoms with Gasteiger partial charge in [0.05, 0.1) is 16.8 Å². The number of nitrogens with one attached hydrogen (secondary N) is 1. The van der Waals surface area contributed by atoms with Crippen LogP contribution in [0.15, 0.2) is 36.4 Å². The summed E-state index contributed by atoms with van der Waals surface area (Å²) in [7, 11) is 0. The number of H-pyrrole nitrogens is 1. The van der Waals surface area contributed by atoms with Gasteiger partial charge >= 0.3 is 0 Å². The molecule has 2 aromatic heterocycles. The van der Waals surface area contributed by atoms with Crippen molar-refractivity contribution in [2.24, 2.45) is 5.73 Å². The highest BCUT2D eigenvalue weighted by Gasteiger charge is 2.33. The Balaban J connectivity index is 1.61. The maximum atomic E-state index is 10.3. The van der Waals surface area contributed by atoms with E-state index in [0.717, 1.165) is 32.8 Å². The third-order valence-corrected chi connectivity index (χ3v) is 6.55. The van der Waals surface area contributed by atoms with Crippen LogP contribution < -0.4 is 10.6 Å². The molecule has 1 aliphatic rings. The first-order valence-electron chi connectivity index (χ1n) is 8.85. The van der Waals surface area contributed by atoms with Gasteiger partial charge in [-0.1, -0.05) is 29.0 Å². The van der Waals surface area contributed by atoms with Gasteiger partial charge in [-0.15, -0.1) is 0 Å². The number of halogens is 1. The number of anilines is 1. The number of benzene rings is 2. The number of aryl methyl sites for hydroxylation is 1. The lowest BCUT2D eigenvalue weighted by Crippen LogP contribution is -2.41. The van der Waals surface area contributed by atoms with E-state index in [-0.39, 0.29) is 5.92 Å². The molecule has 0 saturated heterocycles. The number of hydrogen-bond donors (Lipinski definition) is 3. The van der Waals surface area contributed by atoms with Gasteiger partial charge < -0.3 is 20.7 Å². The average molecular weight is 399 g/mol. The minimum atomic E-state index is -0.957. The molecule has 2 unspecified atom stereocenters. The van der Waals surface area contributed by atoms with Gasteiger partial charge in [0, 0.05) is 34.1 Å². The normalized spacial score (nSPS) is 18.2. The molecule has 2 aromatic carbocycles. The van der Waals surface area contributed by atoms with Crippen LogP contribution in [0.3, 0.4) is 0 Å². The Bertz CT molecular complexity index is 1170. The van der Waals surface area contributed by atoms with E-state index < -0.39 is 6.23 Å². The van der Waals surface area contributed by atoms with E-state index in [1.807, 2.05) is 18.2 Å². The van der Waals surface area contributed by atoms with Crippen LogP contribution in [0.25, 0.3) is 21.1 Å². The number of rotatable bonds is 2. The summed E-state index contributed by atoms with van der Waals surface area (Å²) in [6, 6.07) is 12.1. The molecular weight excluding hydrogens is 380 g/mol. The van der Waals surface area contributed by atoms with Crippen molar-refractivity contribution in [2.45, 2.75) is 25.6 Å². The Morgan fingerprint density at radius 2 is 2.19 bits per heavy atom. The first-order chi connectivity index (χ1) is 13.0. The van der Waals surface area contributed by atoms with Gasteiger partial charge in [-0.3, -0.25) is 0 Å². The van der Waals surface area contributed by atoms with E-state index in [0.29, 0.717) is 18.1 Å². The van der Waals surface area contributed by atoms with E-state index in [2.05, 4.69) is 35.0 Å². The summed E-state index contributed by atoms with van der Waals surface area (Å²) >= 11 is 7.87. The molecule has 0 radical (unpaired) electrons. The van der Waals surface area contributed by atoms with Crippen LogP contribution in [0, 0.1) is 6.92 Å². The SMILES string of the molecule is Cc1ccc2nc(N3Cc4[nH]c5ccc(Cl)cc5c4C(C(N)O)C3)sc2c1. The fraction of sp³-hybridized carbons (Fsp3) is 0.250. The molecule has 5 rings (SSSR count). The van der Waals surface area contributed by atoms with E-state index in [9.17, 15) is 5.11 Å². The summed E-state index contributed by atoms with van der Waals surface area (Å²) in [5.74, 6) is -0.213. The number of hydrogen-bond acceptors (Lipinski definition) is 5. The zero-order valence-electron chi connectivity index (χ0n) is 14.7. The smallest absolute Gasteiger partial charge is 0.186 e. The molecule has 0 bridgehead atoms. The maximum Gasteiger partial charge on any atom is 0.186 e. The summed E-state index contributed by atoms with van der Waals surface area (Å²) in [6.07, 6.45) is -0.957. The number of aliphatic hydroxyl groups excluding tert-OH is 1. The number of aromatic amines is 1. The Morgan fingerprint density at radius 1 is 1.33 bits per heavy atom. The Labute approximate surface area is 165 Å². The second kappa shape index (κ2) is 6.21. The van der Waals surface area contributed by atoms with Gasteiger partial charge in [0.1, 0.15) is 6.23 Å². The van der Waals surface area contributed by atoms with Crippen LogP contribution in [0.1, 0.15) is 22.7 Å². The number of nitrogens with zero attached hydrogens (tertiary/aromatic N) is 2. The van der Waals surface area contributed by atoms with E-state index in [1.165, 1.54) is 10.3 Å². The lowest BCUT2D eigenvalue weighted by molar-refractivity contribution is 0.149. The van der Waals surface area contributed by atoms with Gasteiger partial charge in [-0.2, -0.15) is 0 Å². The van der Waals surface area contributed by atoms with Crippen molar-refractivity contribution in [1.29, 1.82) is 0 Å². The molecule has 0 amide bonds. The minimum absolute atomic E-state index is 0.213. The van der Waals surface area contributed by atoms with Crippen molar-refractivity contribution in [3.05, 3.63) is 58.2 Å². The highest BCUT2D eigenvalue weighted by atomic mass is 35.5. The van der Waals surface area contributed by atoms with Crippen molar-refractivity contribution in [2.75, 3.05) is 11.4 Å². The van der Waals surface area contributed by atoms with Gasteiger partial charge in [0.15, 0.2) is 5.13 Å². The molecule has 2 atom stereocenters. The summed E-state index contributed by atoms with van der Waals surface area (Å²) < 4.78 is 1.17. The highest BCUT2D eigenvalue weighted by molar-refractivity contribution is 7.22. The molecule has 138 valence electrons. The van der Waals surface area contributed by atoms with Crippen LogP contribution in [0.2, 0.25) is 5.02 Å². The van der Waals surface area contributed by atoms with Crippen LogP contribution in [0.5, 0.6) is 0 Å². The summed E-state index contributed by atoms with van der Waals surface area (Å²) in [5.41, 5.74) is 11.3. The average Bonchev–Trinajstić information content (AvgIpc) is 3.21. The molecule has 27 heavy (non-hydrogen) atoms. The number of aliphatic hydroxyl groups is 1. The second-order valence-electron chi connectivity index (χ2n) is 7.15. The number of nitrogens with two attached hydrogens (primary N) is 1. The highest BCUT2D eigenvalue weighted by Crippen LogP contribution is 2.40. The molecule has 3 heterocycles. The fourth-order valence-corrected chi connectivity index (χ4v) is 5.20. The Hall–Kier alpha value is -2.12. The van der Waals surface area contributed by atoms with Crippen molar-refractivity contribution < 1.29 is 5.11 Å². The Kier molecular flexibility index (Phi) is 3.91. The zero-order chi connectivity index (χ0) is 18.7. The first-order valence-corrected chi connectivity index (χ1v) is 10.0. The quantitative estimate of drug-likeness (QED) is 0.444. The Morgan fingerprint density at radius 3 is 3.00 bits per heavy atom. The number of fused-ring (bicyclic) bond motifs is 4. The lowest BCUT2D eigenvalue weighted by atomic mass is 9.91. The predicted octanol–water partition coefficient (Wildman–Crippen LogP) is 4.12. The summed E-state index contributed by atoms with van der Waals surface area (Å²) in [6.45, 7) is 3.40. The first kappa shape index (κ1) is 17.0.